The summed E-state index contributed by atoms with van der Waals surface area (Å²) in [6, 6.07) is 0. The molecule has 90 valence electrons. The van der Waals surface area contributed by atoms with Crippen LogP contribution in [0.2, 0.25) is 0 Å². The number of nitrogens with two attached hydrogens (primary N) is 1. The minimum atomic E-state index is -5.70. The Kier molecular flexibility index (Phi) is 2.97. The summed E-state index contributed by atoms with van der Waals surface area (Å²) < 4.78 is 61.6. The molecule has 1 aliphatic heterocycles. The molecule has 16 heavy (non-hydrogen) atoms. The van der Waals surface area contributed by atoms with Crippen molar-refractivity contribution >= 4 is 17.4 Å². The summed E-state index contributed by atoms with van der Waals surface area (Å²) in [5.41, 5.74) is 3.54. The molecular weight excluding hydrogens is 235 g/mol. The maximum atomic E-state index is 12.8. The van der Waals surface area contributed by atoms with Gasteiger partial charge < -0.3 is 5.73 Å². The van der Waals surface area contributed by atoms with Crippen molar-refractivity contribution in [2.24, 2.45) is 15.7 Å². The van der Waals surface area contributed by atoms with Gasteiger partial charge >= 0.3 is 12.1 Å². The molecule has 0 saturated heterocycles. The monoisotopic (exact) mass is 242 g/mol. The van der Waals surface area contributed by atoms with Crippen LogP contribution in [0.25, 0.3) is 0 Å². The molecule has 0 aromatic heterocycles. The van der Waals surface area contributed by atoms with Gasteiger partial charge in [-0.25, -0.2) is 4.99 Å². The third-order valence-corrected chi connectivity index (χ3v) is 1.81. The maximum Gasteiger partial charge on any atom is 0.459 e. The number of hydrogen-bond donors (Lipinski definition) is 2. The molecule has 0 spiro atoms. The quantitative estimate of drug-likeness (QED) is 0.428. The van der Waals surface area contributed by atoms with E-state index in [0.717, 1.165) is 0 Å². The van der Waals surface area contributed by atoms with E-state index in [1.807, 2.05) is 0 Å². The molecule has 0 atom stereocenters. The van der Waals surface area contributed by atoms with E-state index in [2.05, 4.69) is 9.98 Å². The molecule has 0 amide bonds. The zero-order valence-corrected chi connectivity index (χ0v) is 7.78. The highest BCUT2D eigenvalue weighted by atomic mass is 19.4. The summed E-state index contributed by atoms with van der Waals surface area (Å²) >= 11 is 0. The van der Waals surface area contributed by atoms with E-state index in [0.29, 0.717) is 0 Å². The van der Waals surface area contributed by atoms with Crippen LogP contribution in [-0.2, 0) is 0 Å². The number of alkyl halides is 5. The van der Waals surface area contributed by atoms with Crippen molar-refractivity contribution in [3.8, 4) is 0 Å². The Morgan fingerprint density at radius 3 is 2.25 bits per heavy atom. The number of nitrogens with one attached hydrogen (secondary N) is 1. The highest BCUT2D eigenvalue weighted by Gasteiger charge is 2.61. The first-order chi connectivity index (χ1) is 7.16. The number of halogens is 5. The lowest BCUT2D eigenvalue weighted by atomic mass is 10.1. The Labute approximate surface area is 86.6 Å². The minimum Gasteiger partial charge on any atom is -0.381 e. The van der Waals surface area contributed by atoms with Gasteiger partial charge in [-0.2, -0.15) is 22.0 Å². The second-order valence-electron chi connectivity index (χ2n) is 3.00. The summed E-state index contributed by atoms with van der Waals surface area (Å²) in [6.45, 7) is -0.292. The second kappa shape index (κ2) is 3.80. The summed E-state index contributed by atoms with van der Waals surface area (Å²) in [4.78, 5) is 6.42. The van der Waals surface area contributed by atoms with Gasteiger partial charge in [0.25, 0.3) is 0 Å². The molecule has 1 aliphatic rings. The smallest absolute Gasteiger partial charge is 0.381 e. The van der Waals surface area contributed by atoms with Crippen LogP contribution in [-0.4, -0.2) is 36.0 Å². The van der Waals surface area contributed by atoms with Crippen molar-refractivity contribution in [1.29, 1.82) is 5.41 Å². The summed E-state index contributed by atoms with van der Waals surface area (Å²) in [6.07, 6.45) is -6.31. The van der Waals surface area contributed by atoms with Crippen LogP contribution < -0.4 is 5.73 Å². The minimum absolute atomic E-state index is 0.292. The molecular formula is C7H7F5N4. The van der Waals surface area contributed by atoms with Gasteiger partial charge in [0.15, 0.2) is 11.7 Å². The zero-order chi connectivity index (χ0) is 12.6. The average Bonchev–Trinajstić information content (AvgIpc) is 2.16. The van der Waals surface area contributed by atoms with Gasteiger partial charge in [0.2, 0.25) is 0 Å². The van der Waals surface area contributed by atoms with Crippen molar-refractivity contribution in [1.82, 2.24) is 0 Å². The number of aliphatic imine (C=N–C) groups is 2. The Balaban J connectivity index is 3.07. The van der Waals surface area contributed by atoms with Crippen molar-refractivity contribution in [2.45, 2.75) is 18.5 Å². The Morgan fingerprint density at radius 1 is 1.25 bits per heavy atom. The largest absolute Gasteiger partial charge is 0.459 e. The lowest BCUT2D eigenvalue weighted by molar-refractivity contribution is -0.249. The normalized spacial score (nSPS) is 17.8. The van der Waals surface area contributed by atoms with E-state index in [4.69, 9.17) is 11.1 Å². The first-order valence-electron chi connectivity index (χ1n) is 4.07. The van der Waals surface area contributed by atoms with Crippen LogP contribution >= 0.6 is 0 Å². The third kappa shape index (κ3) is 2.17. The fourth-order valence-electron chi connectivity index (χ4n) is 1.02. The average molecular weight is 242 g/mol. The van der Waals surface area contributed by atoms with Crippen LogP contribution in [0, 0.1) is 5.41 Å². The molecule has 1 heterocycles. The molecule has 3 N–H and O–H groups in total. The predicted octanol–water partition coefficient (Wildman–Crippen LogP) is 1.36. The zero-order valence-electron chi connectivity index (χ0n) is 7.78. The van der Waals surface area contributed by atoms with Crippen molar-refractivity contribution in [2.75, 3.05) is 6.54 Å². The van der Waals surface area contributed by atoms with Gasteiger partial charge in [-0.05, 0) is 0 Å². The Hall–Kier alpha value is -1.54. The molecule has 0 aliphatic carbocycles. The fraction of sp³-hybridized carbons (Fsp3) is 0.571. The van der Waals surface area contributed by atoms with Crippen LogP contribution in [0.15, 0.2) is 9.98 Å². The van der Waals surface area contributed by atoms with Crippen LogP contribution in [0.4, 0.5) is 22.0 Å². The molecule has 0 radical (unpaired) electrons. The molecule has 0 aromatic rings. The van der Waals surface area contributed by atoms with Crippen molar-refractivity contribution in [3.05, 3.63) is 0 Å². The molecule has 0 aromatic carbocycles. The van der Waals surface area contributed by atoms with E-state index < -0.39 is 35.9 Å². The Morgan fingerprint density at radius 2 is 1.81 bits per heavy atom. The van der Waals surface area contributed by atoms with Gasteiger partial charge in [-0.3, -0.25) is 10.4 Å². The molecule has 4 nitrogen and oxygen atoms in total. The molecule has 0 unspecified atom stereocenters. The van der Waals surface area contributed by atoms with Crippen molar-refractivity contribution < 1.29 is 22.0 Å². The molecule has 1 rings (SSSR count). The summed E-state index contributed by atoms with van der Waals surface area (Å²) in [7, 11) is 0. The van der Waals surface area contributed by atoms with Gasteiger partial charge in [0.1, 0.15) is 5.71 Å². The van der Waals surface area contributed by atoms with Gasteiger partial charge in [0.05, 0.1) is 0 Å². The highest BCUT2D eigenvalue weighted by molar-refractivity contribution is 6.41. The van der Waals surface area contributed by atoms with Crippen molar-refractivity contribution in [3.63, 3.8) is 0 Å². The fourth-order valence-corrected chi connectivity index (χ4v) is 1.02. The molecule has 0 saturated carbocycles. The topological polar surface area (TPSA) is 74.6 Å². The van der Waals surface area contributed by atoms with E-state index >= 15 is 0 Å². The van der Waals surface area contributed by atoms with Crippen LogP contribution in [0.5, 0.6) is 0 Å². The van der Waals surface area contributed by atoms with Gasteiger partial charge in [-0.15, -0.1) is 0 Å². The highest BCUT2D eigenvalue weighted by Crippen LogP contribution is 2.38. The lowest BCUT2D eigenvalue weighted by Crippen LogP contribution is -2.46. The number of hydrogen-bond acceptors (Lipinski definition) is 3. The van der Waals surface area contributed by atoms with E-state index in [9.17, 15) is 22.0 Å². The number of nitrogens with zero attached hydrogens (tertiary/aromatic N) is 2. The third-order valence-electron chi connectivity index (χ3n) is 1.81. The maximum absolute atomic E-state index is 12.8. The first-order valence-corrected chi connectivity index (χ1v) is 4.07. The predicted molar refractivity (Wildman–Crippen MR) is 47.3 cm³/mol. The molecule has 9 heteroatoms. The molecule has 0 fully saturated rings. The van der Waals surface area contributed by atoms with Crippen LogP contribution in [0.1, 0.15) is 6.42 Å². The molecule has 0 bridgehead atoms. The van der Waals surface area contributed by atoms with Gasteiger partial charge in [0, 0.05) is 13.0 Å². The Bertz CT molecular complexity index is 367. The first kappa shape index (κ1) is 12.5. The van der Waals surface area contributed by atoms with Crippen LogP contribution in [0.3, 0.4) is 0 Å². The summed E-state index contributed by atoms with van der Waals surface area (Å²) in [5, 5.41) is 6.85. The second-order valence-corrected chi connectivity index (χ2v) is 3.00. The van der Waals surface area contributed by atoms with E-state index in [1.54, 1.807) is 0 Å². The van der Waals surface area contributed by atoms with E-state index in [-0.39, 0.29) is 6.54 Å². The SMILES string of the molecule is N=C(N)C1=NCCC(C(F)(F)C(F)(F)F)=N1. The van der Waals surface area contributed by atoms with E-state index in [1.165, 1.54) is 0 Å². The summed E-state index contributed by atoms with van der Waals surface area (Å²) in [5.74, 6) is -6.34. The standard InChI is InChI=1S/C7H7F5N4/c8-6(9,7(10,11)12)3-1-2-15-5(16-3)4(13)14/h1-2H2,(H3,13,14). The number of rotatable bonds is 2. The number of amidine groups is 2. The van der Waals surface area contributed by atoms with Gasteiger partial charge in [-0.1, -0.05) is 0 Å². The lowest BCUT2D eigenvalue weighted by Gasteiger charge is -2.22.